The number of hydrogen-bond acceptors (Lipinski definition) is 4. The number of carbonyl (C=O) groups excluding carboxylic acids is 2. The fourth-order valence-electron chi connectivity index (χ4n) is 7.20. The molecule has 28 heavy (non-hydrogen) atoms. The molecule has 3 saturated carbocycles. The van der Waals surface area contributed by atoms with Crippen molar-refractivity contribution in [1.29, 1.82) is 0 Å². The summed E-state index contributed by atoms with van der Waals surface area (Å²) in [6, 6.07) is 0. The highest BCUT2D eigenvalue weighted by molar-refractivity contribution is 6.34. The van der Waals surface area contributed by atoms with E-state index in [1.54, 1.807) is 12.2 Å². The molecule has 154 valence electrons. The lowest BCUT2D eigenvalue weighted by Crippen LogP contribution is -2.67. The predicted molar refractivity (Wildman–Crippen MR) is 108 cm³/mol. The van der Waals surface area contributed by atoms with Crippen LogP contribution in [0.25, 0.3) is 0 Å². The van der Waals surface area contributed by atoms with Crippen molar-refractivity contribution < 1.29 is 19.8 Å². The topological polar surface area (TPSA) is 74.6 Å². The van der Waals surface area contributed by atoms with Crippen molar-refractivity contribution in [2.75, 3.05) is 6.61 Å². The Bertz CT molecular complexity index is 806. The molecule has 4 aliphatic carbocycles. The Labute approximate surface area is 176 Å². The van der Waals surface area contributed by atoms with Gasteiger partial charge in [-0.05, 0) is 55.6 Å². The first-order chi connectivity index (χ1) is 13.0. The summed E-state index contributed by atoms with van der Waals surface area (Å²) in [7, 11) is 0. The zero-order chi connectivity index (χ0) is 20.7. The number of aliphatic hydroxyl groups excluding tert-OH is 1. The Hall–Kier alpha value is -0.680. The fourth-order valence-corrected chi connectivity index (χ4v) is 8.43. The zero-order valence-corrected chi connectivity index (χ0v) is 18.1. The van der Waals surface area contributed by atoms with Crippen molar-refractivity contribution in [2.24, 2.45) is 28.6 Å². The van der Waals surface area contributed by atoms with Crippen LogP contribution in [0.1, 0.15) is 46.5 Å². The molecule has 0 radical (unpaired) electrons. The highest BCUT2D eigenvalue weighted by Gasteiger charge is 2.74. The molecular weight excluding hydrogens is 399 g/mol. The Morgan fingerprint density at radius 1 is 1.32 bits per heavy atom. The molecule has 0 unspecified atom stereocenters. The lowest BCUT2D eigenvalue weighted by Gasteiger charge is -2.63. The number of hydrogen-bond donors (Lipinski definition) is 2. The van der Waals surface area contributed by atoms with Crippen molar-refractivity contribution in [3.63, 3.8) is 0 Å². The highest BCUT2D eigenvalue weighted by Crippen LogP contribution is 2.72. The number of alkyl halides is 2. The van der Waals surface area contributed by atoms with Gasteiger partial charge in [-0.25, -0.2) is 0 Å². The van der Waals surface area contributed by atoms with Gasteiger partial charge in [0.1, 0.15) is 12.2 Å². The molecular formula is C22H28Cl2O4. The molecule has 0 aliphatic heterocycles. The SMILES string of the molecule is C[C@@H]1C[C@@H]2[C@@H]3CCC4=CC(=O)C=C[C@]4(C)[C@@]3(Cl)[C@H](Cl)C[C@]2(C)[C@@]1(O)C(=O)CO. The van der Waals surface area contributed by atoms with Gasteiger partial charge in [-0.1, -0.05) is 32.4 Å². The second-order valence-corrected chi connectivity index (χ2v) is 10.9. The van der Waals surface area contributed by atoms with Gasteiger partial charge in [0.15, 0.2) is 11.6 Å². The van der Waals surface area contributed by atoms with E-state index in [0.717, 1.165) is 18.4 Å². The van der Waals surface area contributed by atoms with Crippen LogP contribution >= 0.6 is 23.2 Å². The lowest BCUT2D eigenvalue weighted by molar-refractivity contribution is -0.167. The van der Waals surface area contributed by atoms with Gasteiger partial charge in [-0.2, -0.15) is 0 Å². The number of rotatable bonds is 2. The average Bonchev–Trinajstić information content (AvgIpc) is 2.84. The molecule has 0 aromatic carbocycles. The minimum Gasteiger partial charge on any atom is -0.388 e. The molecule has 0 amide bonds. The third-order valence-corrected chi connectivity index (χ3v) is 10.3. The lowest BCUT2D eigenvalue weighted by atomic mass is 9.46. The quantitative estimate of drug-likeness (QED) is 0.663. The third kappa shape index (κ3) is 2.16. The molecule has 0 spiro atoms. The number of ketones is 2. The van der Waals surface area contributed by atoms with Crippen LogP contribution in [0.15, 0.2) is 23.8 Å². The van der Waals surface area contributed by atoms with Gasteiger partial charge in [0.2, 0.25) is 0 Å². The van der Waals surface area contributed by atoms with Gasteiger partial charge in [-0.3, -0.25) is 9.59 Å². The van der Waals surface area contributed by atoms with E-state index in [2.05, 4.69) is 6.92 Å². The van der Waals surface area contributed by atoms with Gasteiger partial charge >= 0.3 is 0 Å². The first-order valence-electron chi connectivity index (χ1n) is 10.1. The number of allylic oxidation sites excluding steroid dienone is 4. The maximum absolute atomic E-state index is 12.6. The fraction of sp³-hybridized carbons (Fsp3) is 0.727. The van der Waals surface area contributed by atoms with Crippen LogP contribution in [-0.2, 0) is 9.59 Å². The molecule has 2 N–H and O–H groups in total. The van der Waals surface area contributed by atoms with Gasteiger partial charge in [-0.15, -0.1) is 23.2 Å². The molecule has 0 saturated heterocycles. The summed E-state index contributed by atoms with van der Waals surface area (Å²) in [4.78, 5) is 23.8. The molecule has 6 heteroatoms. The van der Waals surface area contributed by atoms with E-state index < -0.39 is 39.1 Å². The number of Topliss-reactive ketones (excluding diaryl/α,β-unsaturated/α-hetero) is 1. The summed E-state index contributed by atoms with van der Waals surface area (Å²) in [5, 5.41) is 20.6. The first-order valence-corrected chi connectivity index (χ1v) is 10.9. The van der Waals surface area contributed by atoms with Crippen LogP contribution in [-0.4, -0.2) is 44.2 Å². The molecule has 4 nitrogen and oxygen atoms in total. The van der Waals surface area contributed by atoms with Gasteiger partial charge in [0.25, 0.3) is 0 Å². The van der Waals surface area contributed by atoms with Crippen molar-refractivity contribution in [3.05, 3.63) is 23.8 Å². The highest BCUT2D eigenvalue weighted by atomic mass is 35.5. The third-order valence-electron chi connectivity index (χ3n) is 8.75. The summed E-state index contributed by atoms with van der Waals surface area (Å²) in [6.07, 6.45) is 7.76. The Morgan fingerprint density at radius 2 is 2.00 bits per heavy atom. The van der Waals surface area contributed by atoms with Crippen LogP contribution in [0.3, 0.4) is 0 Å². The molecule has 3 fully saturated rings. The van der Waals surface area contributed by atoms with E-state index in [4.69, 9.17) is 23.2 Å². The summed E-state index contributed by atoms with van der Waals surface area (Å²) in [5.74, 6) is -0.811. The van der Waals surface area contributed by atoms with Crippen molar-refractivity contribution in [2.45, 2.75) is 62.3 Å². The second-order valence-electron chi connectivity index (χ2n) is 9.70. The monoisotopic (exact) mass is 426 g/mol. The van der Waals surface area contributed by atoms with Gasteiger partial charge < -0.3 is 10.2 Å². The van der Waals surface area contributed by atoms with E-state index in [0.29, 0.717) is 12.8 Å². The average molecular weight is 427 g/mol. The summed E-state index contributed by atoms with van der Waals surface area (Å²) >= 11 is 14.4. The second kappa shape index (κ2) is 6.16. The van der Waals surface area contributed by atoms with E-state index in [1.165, 1.54) is 0 Å². The number of carbonyl (C=O) groups is 2. The van der Waals surface area contributed by atoms with Crippen molar-refractivity contribution in [3.8, 4) is 0 Å². The Morgan fingerprint density at radius 3 is 2.64 bits per heavy atom. The number of aliphatic hydroxyl groups is 2. The van der Waals surface area contributed by atoms with E-state index in [9.17, 15) is 19.8 Å². The molecule has 0 aromatic heterocycles. The number of fused-ring (bicyclic) bond motifs is 5. The molecule has 0 heterocycles. The van der Waals surface area contributed by atoms with Crippen molar-refractivity contribution >= 4 is 34.8 Å². The summed E-state index contributed by atoms with van der Waals surface area (Å²) in [6.45, 7) is 5.20. The van der Waals surface area contributed by atoms with Crippen LogP contribution in [0, 0.1) is 28.6 Å². The summed E-state index contributed by atoms with van der Waals surface area (Å²) < 4.78 is 0. The maximum Gasteiger partial charge on any atom is 0.190 e. The first kappa shape index (κ1) is 20.6. The summed E-state index contributed by atoms with van der Waals surface area (Å²) in [5.41, 5.74) is -1.86. The normalized spacial score (nSPS) is 52.5. The standard InChI is InChI=1S/C22H28Cl2O4/c1-12-8-16-15-5-4-13-9-14(26)6-7-19(13,2)21(15,24)17(23)10-20(16,3)22(12,28)18(27)11-25/h6-7,9,12,15-17,25,28H,4-5,8,10-11H2,1-3H3/t12-,15+,16-,17-,19+,20+,21+,22+/m1/s1. The largest absolute Gasteiger partial charge is 0.388 e. The minimum atomic E-state index is -1.60. The van der Waals surface area contributed by atoms with Crippen LogP contribution in [0.5, 0.6) is 0 Å². The predicted octanol–water partition coefficient (Wildman–Crippen LogP) is 3.41. The number of halogens is 2. The van der Waals surface area contributed by atoms with E-state index in [-0.39, 0.29) is 23.5 Å². The molecule has 0 aromatic rings. The maximum atomic E-state index is 12.6. The Kier molecular flexibility index (Phi) is 4.53. The molecule has 4 rings (SSSR count). The van der Waals surface area contributed by atoms with Gasteiger partial charge in [0, 0.05) is 10.8 Å². The van der Waals surface area contributed by atoms with Crippen LogP contribution in [0.2, 0.25) is 0 Å². The van der Waals surface area contributed by atoms with Crippen LogP contribution < -0.4 is 0 Å². The smallest absolute Gasteiger partial charge is 0.190 e. The van der Waals surface area contributed by atoms with Gasteiger partial charge in [0.05, 0.1) is 10.3 Å². The van der Waals surface area contributed by atoms with E-state index in [1.807, 2.05) is 19.9 Å². The molecule has 4 aliphatic rings. The van der Waals surface area contributed by atoms with Crippen molar-refractivity contribution in [1.82, 2.24) is 0 Å². The van der Waals surface area contributed by atoms with Crippen LogP contribution in [0.4, 0.5) is 0 Å². The minimum absolute atomic E-state index is 0.00149. The molecule has 8 atom stereocenters. The molecule has 0 bridgehead atoms. The Balaban J connectivity index is 1.84. The zero-order valence-electron chi connectivity index (χ0n) is 16.5. The van der Waals surface area contributed by atoms with E-state index >= 15 is 0 Å².